The Hall–Kier alpha value is -2.22. The Morgan fingerprint density at radius 1 is 1.21 bits per heavy atom. The van der Waals surface area contributed by atoms with E-state index in [-0.39, 0.29) is 18.2 Å². The molecule has 0 unspecified atom stereocenters. The summed E-state index contributed by atoms with van der Waals surface area (Å²) in [5.74, 6) is 0.731. The van der Waals surface area contributed by atoms with E-state index in [1.807, 2.05) is 25.1 Å². The van der Waals surface area contributed by atoms with Crippen molar-refractivity contribution in [2.75, 3.05) is 5.32 Å². The molecule has 3 rings (SSSR count). The SMILES string of the molecule is CC(=O)NC1(c2noc(CCC(=O)Nc3ccc(Br)cc3C)n2)CCCCCC1. The molecule has 0 radical (unpaired) electrons. The number of carbonyl (C=O) groups is 2. The van der Waals surface area contributed by atoms with Gasteiger partial charge in [0.2, 0.25) is 17.7 Å². The standard InChI is InChI=1S/C21H27BrN4O3/c1-14-13-16(22)7-8-17(14)23-18(28)9-10-19-24-20(26-29-19)21(25-15(2)27)11-5-3-4-6-12-21/h7-8,13H,3-6,9-12H2,1-2H3,(H,23,28)(H,25,27). The molecule has 0 aliphatic heterocycles. The summed E-state index contributed by atoms with van der Waals surface area (Å²) in [4.78, 5) is 28.6. The number of hydrogen-bond acceptors (Lipinski definition) is 5. The lowest BCUT2D eigenvalue weighted by atomic mass is 9.89. The van der Waals surface area contributed by atoms with E-state index in [0.717, 1.165) is 54.2 Å². The highest BCUT2D eigenvalue weighted by Crippen LogP contribution is 2.34. The Labute approximate surface area is 179 Å². The number of halogens is 1. The molecule has 0 spiro atoms. The van der Waals surface area contributed by atoms with Crippen molar-refractivity contribution in [2.24, 2.45) is 0 Å². The first kappa shape index (κ1) is 21.5. The Kier molecular flexibility index (Phi) is 7.05. The van der Waals surface area contributed by atoms with Gasteiger partial charge in [0.25, 0.3) is 0 Å². The molecule has 1 aromatic carbocycles. The van der Waals surface area contributed by atoms with Gasteiger partial charge in [-0.1, -0.05) is 46.8 Å². The van der Waals surface area contributed by atoms with Crippen LogP contribution in [-0.4, -0.2) is 22.0 Å². The number of nitrogens with one attached hydrogen (secondary N) is 2. The van der Waals surface area contributed by atoms with Gasteiger partial charge < -0.3 is 15.2 Å². The molecule has 7 nitrogen and oxygen atoms in total. The van der Waals surface area contributed by atoms with Crippen LogP contribution >= 0.6 is 15.9 Å². The first-order chi connectivity index (χ1) is 13.9. The highest BCUT2D eigenvalue weighted by molar-refractivity contribution is 9.10. The van der Waals surface area contributed by atoms with Gasteiger partial charge in [0, 0.05) is 29.9 Å². The Bertz CT molecular complexity index is 873. The first-order valence-electron chi connectivity index (χ1n) is 10.1. The number of anilines is 1. The fourth-order valence-electron chi connectivity index (χ4n) is 3.82. The molecular formula is C21H27BrN4O3. The smallest absolute Gasteiger partial charge is 0.227 e. The van der Waals surface area contributed by atoms with Crippen LogP contribution in [0.15, 0.2) is 27.2 Å². The number of aromatic nitrogens is 2. The molecule has 29 heavy (non-hydrogen) atoms. The highest BCUT2D eigenvalue weighted by Gasteiger charge is 2.38. The van der Waals surface area contributed by atoms with E-state index in [1.54, 1.807) is 0 Å². The van der Waals surface area contributed by atoms with Gasteiger partial charge in [0.05, 0.1) is 0 Å². The van der Waals surface area contributed by atoms with Crippen molar-refractivity contribution in [2.45, 2.75) is 70.8 Å². The van der Waals surface area contributed by atoms with E-state index in [9.17, 15) is 9.59 Å². The fourth-order valence-corrected chi connectivity index (χ4v) is 4.30. The summed E-state index contributed by atoms with van der Waals surface area (Å²) < 4.78 is 6.38. The molecule has 0 saturated heterocycles. The van der Waals surface area contributed by atoms with Crippen molar-refractivity contribution in [3.8, 4) is 0 Å². The molecule has 1 heterocycles. The zero-order valence-corrected chi connectivity index (χ0v) is 18.5. The molecule has 2 amide bonds. The largest absolute Gasteiger partial charge is 0.343 e. The van der Waals surface area contributed by atoms with Crippen LogP contribution in [0.5, 0.6) is 0 Å². The number of nitrogens with zero attached hydrogens (tertiary/aromatic N) is 2. The number of rotatable bonds is 6. The van der Waals surface area contributed by atoms with E-state index < -0.39 is 5.54 Å². The quantitative estimate of drug-likeness (QED) is 0.619. The lowest BCUT2D eigenvalue weighted by Gasteiger charge is -2.30. The fraction of sp³-hybridized carbons (Fsp3) is 0.524. The van der Waals surface area contributed by atoms with Gasteiger partial charge in [0.15, 0.2) is 5.82 Å². The monoisotopic (exact) mass is 462 g/mol. The van der Waals surface area contributed by atoms with Crippen LogP contribution in [-0.2, 0) is 21.5 Å². The van der Waals surface area contributed by atoms with Crippen molar-refractivity contribution in [1.82, 2.24) is 15.5 Å². The van der Waals surface area contributed by atoms with Crippen molar-refractivity contribution in [3.05, 3.63) is 40.0 Å². The Morgan fingerprint density at radius 3 is 2.59 bits per heavy atom. The predicted molar refractivity (Wildman–Crippen MR) is 113 cm³/mol. The second-order valence-electron chi connectivity index (χ2n) is 7.70. The minimum atomic E-state index is -0.569. The molecule has 1 aliphatic carbocycles. The number of carbonyl (C=O) groups excluding carboxylic acids is 2. The maximum Gasteiger partial charge on any atom is 0.227 e. The molecule has 2 aromatic rings. The summed E-state index contributed by atoms with van der Waals surface area (Å²) in [5.41, 5.74) is 1.20. The van der Waals surface area contributed by atoms with Crippen LogP contribution in [0.4, 0.5) is 5.69 Å². The third-order valence-corrected chi connectivity index (χ3v) is 5.79. The minimum absolute atomic E-state index is 0.0949. The van der Waals surface area contributed by atoms with E-state index >= 15 is 0 Å². The highest BCUT2D eigenvalue weighted by atomic mass is 79.9. The summed E-state index contributed by atoms with van der Waals surface area (Å²) in [7, 11) is 0. The van der Waals surface area contributed by atoms with Gasteiger partial charge in [-0.15, -0.1) is 0 Å². The average Bonchev–Trinajstić information content (AvgIpc) is 3.02. The van der Waals surface area contributed by atoms with E-state index in [0.29, 0.717) is 18.1 Å². The van der Waals surface area contributed by atoms with Gasteiger partial charge in [-0.2, -0.15) is 4.98 Å². The summed E-state index contributed by atoms with van der Waals surface area (Å²) in [6, 6.07) is 5.71. The zero-order chi connectivity index (χ0) is 20.9. The van der Waals surface area contributed by atoms with Gasteiger partial charge >= 0.3 is 0 Å². The molecule has 0 bridgehead atoms. The number of aryl methyl sites for hydroxylation is 2. The van der Waals surface area contributed by atoms with Gasteiger partial charge in [-0.3, -0.25) is 9.59 Å². The van der Waals surface area contributed by atoms with Crippen LogP contribution in [0.1, 0.15) is 69.1 Å². The molecular weight excluding hydrogens is 436 g/mol. The molecule has 1 aromatic heterocycles. The number of benzene rings is 1. The van der Waals surface area contributed by atoms with Gasteiger partial charge in [-0.05, 0) is 43.5 Å². The summed E-state index contributed by atoms with van der Waals surface area (Å²) in [6.45, 7) is 3.46. The molecule has 156 valence electrons. The number of hydrogen-bond donors (Lipinski definition) is 2. The van der Waals surface area contributed by atoms with Crippen molar-refractivity contribution < 1.29 is 14.1 Å². The maximum atomic E-state index is 12.3. The lowest BCUT2D eigenvalue weighted by molar-refractivity contribution is -0.121. The third kappa shape index (κ3) is 5.65. The molecule has 2 N–H and O–H groups in total. The predicted octanol–water partition coefficient (Wildman–Crippen LogP) is 4.40. The van der Waals surface area contributed by atoms with Gasteiger partial charge in [0.1, 0.15) is 5.54 Å². The van der Waals surface area contributed by atoms with Crippen LogP contribution in [0.3, 0.4) is 0 Å². The van der Waals surface area contributed by atoms with Crippen molar-refractivity contribution >= 4 is 33.4 Å². The second kappa shape index (κ2) is 9.52. The lowest BCUT2D eigenvalue weighted by Crippen LogP contribution is -2.45. The van der Waals surface area contributed by atoms with E-state index in [1.165, 1.54) is 6.92 Å². The molecule has 1 aliphatic rings. The van der Waals surface area contributed by atoms with Crippen LogP contribution < -0.4 is 10.6 Å². The Morgan fingerprint density at radius 2 is 1.93 bits per heavy atom. The summed E-state index contributed by atoms with van der Waals surface area (Å²) in [6.07, 6.45) is 6.50. The summed E-state index contributed by atoms with van der Waals surface area (Å²) >= 11 is 3.42. The summed E-state index contributed by atoms with van der Waals surface area (Å²) in [5, 5.41) is 10.1. The maximum absolute atomic E-state index is 12.3. The topological polar surface area (TPSA) is 97.1 Å². The van der Waals surface area contributed by atoms with Crippen molar-refractivity contribution in [1.29, 1.82) is 0 Å². The first-order valence-corrected chi connectivity index (χ1v) is 10.8. The molecule has 8 heteroatoms. The van der Waals surface area contributed by atoms with Gasteiger partial charge in [-0.25, -0.2) is 0 Å². The molecule has 1 fully saturated rings. The molecule has 0 atom stereocenters. The third-order valence-electron chi connectivity index (χ3n) is 5.30. The average molecular weight is 463 g/mol. The minimum Gasteiger partial charge on any atom is -0.343 e. The van der Waals surface area contributed by atoms with Crippen LogP contribution in [0.2, 0.25) is 0 Å². The molecule has 1 saturated carbocycles. The van der Waals surface area contributed by atoms with E-state index in [2.05, 4.69) is 36.7 Å². The second-order valence-corrected chi connectivity index (χ2v) is 8.61. The normalized spacial score (nSPS) is 16.1. The zero-order valence-electron chi connectivity index (χ0n) is 16.9. The number of amides is 2. The van der Waals surface area contributed by atoms with Crippen molar-refractivity contribution in [3.63, 3.8) is 0 Å². The Balaban J connectivity index is 1.64. The van der Waals surface area contributed by atoms with E-state index in [4.69, 9.17) is 4.52 Å². The van der Waals surface area contributed by atoms with Crippen LogP contribution in [0, 0.1) is 6.92 Å². The van der Waals surface area contributed by atoms with Crippen LogP contribution in [0.25, 0.3) is 0 Å².